The maximum absolute atomic E-state index is 14.2. The van der Waals surface area contributed by atoms with Gasteiger partial charge in [0.05, 0.1) is 24.3 Å². The average Bonchev–Trinajstić information content (AvgIpc) is 2.96. The maximum Gasteiger partial charge on any atom is 0.264 e. The number of nitrogens with zero attached hydrogens (tertiary/aromatic N) is 2. The van der Waals surface area contributed by atoms with Crippen molar-refractivity contribution in [3.05, 3.63) is 83.4 Å². The summed E-state index contributed by atoms with van der Waals surface area (Å²) in [6.07, 6.45) is 0.316. The number of carbonyl (C=O) groups is 2. The van der Waals surface area contributed by atoms with Crippen molar-refractivity contribution in [2.45, 2.75) is 64.1 Å². The van der Waals surface area contributed by atoms with Crippen molar-refractivity contribution < 1.29 is 27.5 Å². The number of ether oxygens (including phenoxy) is 2. The quantitative estimate of drug-likeness (QED) is 0.261. The van der Waals surface area contributed by atoms with Crippen molar-refractivity contribution in [1.29, 1.82) is 0 Å². The summed E-state index contributed by atoms with van der Waals surface area (Å²) in [6, 6.07) is 18.5. The largest absolute Gasteiger partial charge is 0.497 e. The molecular formula is C32H40ClN3O6S. The first kappa shape index (κ1) is 33.7. The smallest absolute Gasteiger partial charge is 0.264 e. The minimum atomic E-state index is -4.22. The number of amides is 2. The molecule has 0 spiro atoms. The molecule has 9 nitrogen and oxygen atoms in total. The fourth-order valence-corrected chi connectivity index (χ4v) is 5.98. The van der Waals surface area contributed by atoms with E-state index in [1.807, 2.05) is 46.8 Å². The van der Waals surface area contributed by atoms with Gasteiger partial charge in [-0.3, -0.25) is 13.9 Å². The first-order valence-corrected chi connectivity index (χ1v) is 15.9. The van der Waals surface area contributed by atoms with E-state index in [9.17, 15) is 18.0 Å². The van der Waals surface area contributed by atoms with Crippen molar-refractivity contribution in [3.63, 3.8) is 0 Å². The molecule has 0 aromatic heterocycles. The number of anilines is 1. The van der Waals surface area contributed by atoms with Crippen LogP contribution in [0.5, 0.6) is 11.5 Å². The van der Waals surface area contributed by atoms with Crippen LogP contribution < -0.4 is 19.1 Å². The van der Waals surface area contributed by atoms with Gasteiger partial charge in [0.15, 0.2) is 0 Å². The van der Waals surface area contributed by atoms with Crippen LogP contribution in [0.1, 0.15) is 46.6 Å². The Labute approximate surface area is 259 Å². The summed E-state index contributed by atoms with van der Waals surface area (Å²) in [5.41, 5.74) is 0.485. The van der Waals surface area contributed by atoms with Crippen LogP contribution in [0.4, 0.5) is 5.69 Å². The van der Waals surface area contributed by atoms with Crippen molar-refractivity contribution in [1.82, 2.24) is 10.2 Å². The number of benzene rings is 3. The second-order valence-corrected chi connectivity index (χ2v) is 13.2. The number of nitrogens with one attached hydrogen (secondary N) is 1. The molecule has 0 saturated carbocycles. The minimum absolute atomic E-state index is 0.0298. The zero-order chi connectivity index (χ0) is 31.8. The number of sulfonamides is 1. The van der Waals surface area contributed by atoms with Crippen LogP contribution >= 0.6 is 11.6 Å². The molecule has 0 heterocycles. The highest BCUT2D eigenvalue weighted by Gasteiger charge is 2.34. The van der Waals surface area contributed by atoms with E-state index in [4.69, 9.17) is 21.1 Å². The van der Waals surface area contributed by atoms with Crippen LogP contribution in [0, 0.1) is 0 Å². The van der Waals surface area contributed by atoms with E-state index < -0.39 is 34.1 Å². The summed E-state index contributed by atoms with van der Waals surface area (Å²) in [7, 11) is -2.66. The molecule has 0 saturated heterocycles. The molecule has 0 radical (unpaired) electrons. The van der Waals surface area contributed by atoms with Crippen LogP contribution in [-0.2, 0) is 26.2 Å². The Kier molecular flexibility index (Phi) is 11.5. The number of hydrogen-bond donors (Lipinski definition) is 1. The Hall–Kier alpha value is -3.76. The van der Waals surface area contributed by atoms with E-state index in [0.717, 1.165) is 9.87 Å². The average molecular weight is 630 g/mol. The second-order valence-electron chi connectivity index (χ2n) is 10.9. The summed E-state index contributed by atoms with van der Waals surface area (Å²) in [4.78, 5) is 29.0. The lowest BCUT2D eigenvalue weighted by Crippen LogP contribution is -2.55. The molecule has 3 rings (SSSR count). The zero-order valence-electron chi connectivity index (χ0n) is 25.5. The van der Waals surface area contributed by atoms with Gasteiger partial charge in [0.1, 0.15) is 24.1 Å². The number of rotatable bonds is 13. The molecule has 11 heteroatoms. The Morgan fingerprint density at radius 1 is 0.907 bits per heavy atom. The number of halogens is 1. The molecule has 0 aliphatic rings. The molecule has 232 valence electrons. The van der Waals surface area contributed by atoms with Gasteiger partial charge in [-0.1, -0.05) is 30.7 Å². The second kappa shape index (κ2) is 14.6. The molecule has 3 aromatic rings. The predicted molar refractivity (Wildman–Crippen MR) is 169 cm³/mol. The molecule has 1 atom stereocenters. The number of methoxy groups -OCH3 is 1. The Morgan fingerprint density at radius 3 is 2.00 bits per heavy atom. The highest BCUT2D eigenvalue weighted by Crippen LogP contribution is 2.28. The van der Waals surface area contributed by atoms with Crippen LogP contribution in [0.2, 0.25) is 5.02 Å². The summed E-state index contributed by atoms with van der Waals surface area (Å²) < 4.78 is 39.8. The molecule has 0 bridgehead atoms. The number of carbonyl (C=O) groups excluding carboxylic acids is 2. The van der Waals surface area contributed by atoms with Crippen LogP contribution in [0.25, 0.3) is 0 Å². The molecule has 2 amide bonds. The van der Waals surface area contributed by atoms with Crippen LogP contribution in [-0.4, -0.2) is 57.0 Å². The van der Waals surface area contributed by atoms with Gasteiger partial charge in [-0.15, -0.1) is 0 Å². The maximum atomic E-state index is 14.2. The highest BCUT2D eigenvalue weighted by atomic mass is 35.5. The fourth-order valence-electron chi connectivity index (χ4n) is 4.44. The van der Waals surface area contributed by atoms with E-state index in [1.54, 1.807) is 43.5 Å². The Morgan fingerprint density at radius 2 is 1.49 bits per heavy atom. The minimum Gasteiger partial charge on any atom is -0.497 e. The lowest BCUT2D eigenvalue weighted by atomic mass is 10.1. The lowest BCUT2D eigenvalue weighted by Gasteiger charge is -2.34. The van der Waals surface area contributed by atoms with E-state index in [0.29, 0.717) is 29.5 Å². The zero-order valence-corrected chi connectivity index (χ0v) is 27.0. The summed E-state index contributed by atoms with van der Waals surface area (Å²) >= 11 is 6.02. The Balaban J connectivity index is 2.07. The van der Waals surface area contributed by atoms with E-state index in [-0.39, 0.29) is 23.0 Å². The first-order valence-electron chi connectivity index (χ1n) is 14.0. The van der Waals surface area contributed by atoms with Gasteiger partial charge >= 0.3 is 0 Å². The van der Waals surface area contributed by atoms with Crippen LogP contribution in [0.3, 0.4) is 0 Å². The van der Waals surface area contributed by atoms with Crippen molar-refractivity contribution >= 4 is 39.1 Å². The third kappa shape index (κ3) is 9.11. The van der Waals surface area contributed by atoms with Gasteiger partial charge in [0, 0.05) is 17.1 Å². The first-order chi connectivity index (χ1) is 20.3. The molecule has 0 fully saturated rings. The monoisotopic (exact) mass is 629 g/mol. The SMILES string of the molecule is CCOc1ccc(N(CC(=O)N(Cc2ccc(OC)cc2)[C@H](CC)C(=O)NC(C)(C)C)S(=O)(=O)c2ccc(Cl)cc2)cc1. The summed E-state index contributed by atoms with van der Waals surface area (Å²) in [5.74, 6) is 0.338. The molecule has 43 heavy (non-hydrogen) atoms. The van der Waals surface area contributed by atoms with Crippen molar-refractivity contribution in [2.24, 2.45) is 0 Å². The third-order valence-corrected chi connectivity index (χ3v) is 8.55. The Bertz CT molecular complexity index is 1470. The van der Waals surface area contributed by atoms with Gasteiger partial charge in [-0.2, -0.15) is 0 Å². The third-order valence-electron chi connectivity index (χ3n) is 6.51. The molecule has 1 N–H and O–H groups in total. The van der Waals surface area contributed by atoms with E-state index in [2.05, 4.69) is 5.32 Å². The van der Waals surface area contributed by atoms with Gasteiger partial charge in [-0.25, -0.2) is 8.42 Å². The van der Waals surface area contributed by atoms with Gasteiger partial charge in [0.25, 0.3) is 10.0 Å². The van der Waals surface area contributed by atoms with Crippen molar-refractivity contribution in [2.75, 3.05) is 24.6 Å². The molecule has 3 aromatic carbocycles. The lowest BCUT2D eigenvalue weighted by molar-refractivity contribution is -0.141. The van der Waals surface area contributed by atoms with Crippen molar-refractivity contribution in [3.8, 4) is 11.5 Å². The number of hydrogen-bond acceptors (Lipinski definition) is 6. The van der Waals surface area contributed by atoms with Gasteiger partial charge < -0.3 is 19.7 Å². The topological polar surface area (TPSA) is 105 Å². The predicted octanol–water partition coefficient (Wildman–Crippen LogP) is 5.66. The molecular weight excluding hydrogens is 590 g/mol. The standard InChI is InChI=1S/C32H40ClN3O6S/c1-7-29(31(38)34-32(3,4)5)35(21-23-9-15-26(41-6)16-10-23)30(37)22-36(25-13-17-27(18-14-25)42-8-2)43(39,40)28-19-11-24(33)12-20-28/h9-20,29H,7-8,21-22H2,1-6H3,(H,34,38)/t29-/m1/s1. The molecule has 0 aliphatic heterocycles. The van der Waals surface area contributed by atoms with Gasteiger partial charge in [-0.05, 0) is 100 Å². The summed E-state index contributed by atoms with van der Waals surface area (Å²) in [5, 5.41) is 3.34. The molecule has 0 unspecified atom stereocenters. The van der Waals surface area contributed by atoms with Crippen LogP contribution in [0.15, 0.2) is 77.7 Å². The van der Waals surface area contributed by atoms with E-state index >= 15 is 0 Å². The fraction of sp³-hybridized carbons (Fsp3) is 0.375. The summed E-state index contributed by atoms with van der Waals surface area (Å²) in [6.45, 7) is 9.22. The normalized spacial score (nSPS) is 12.3. The van der Waals surface area contributed by atoms with E-state index in [1.165, 1.54) is 29.2 Å². The highest BCUT2D eigenvalue weighted by molar-refractivity contribution is 7.92. The molecule has 0 aliphatic carbocycles. The van der Waals surface area contributed by atoms with Gasteiger partial charge in [0.2, 0.25) is 11.8 Å².